The lowest BCUT2D eigenvalue weighted by molar-refractivity contribution is -0.384. The number of para-hydroxylation sites is 1. The third kappa shape index (κ3) is 2.17. The molecule has 0 unspecified atom stereocenters. The average Bonchev–Trinajstić information content (AvgIpc) is 3.16. The number of non-ortho nitro benzene ring substituents is 1. The number of nitro groups is 1. The molecule has 4 rings (SSSR count). The van der Waals surface area contributed by atoms with Gasteiger partial charge in [-0.2, -0.15) is 0 Å². The minimum absolute atomic E-state index is 0.0546. The monoisotopic (exact) mass is 307 g/mol. The van der Waals surface area contributed by atoms with Crippen molar-refractivity contribution in [1.29, 1.82) is 0 Å². The van der Waals surface area contributed by atoms with Gasteiger partial charge in [0.2, 0.25) is 0 Å². The molecule has 0 aliphatic carbocycles. The van der Waals surface area contributed by atoms with Gasteiger partial charge < -0.3 is 8.83 Å². The number of benzene rings is 2. The lowest BCUT2D eigenvalue weighted by Gasteiger charge is -1.91. The zero-order valence-electron chi connectivity index (χ0n) is 11.7. The quantitative estimate of drug-likeness (QED) is 0.319. The molecule has 2 aromatic carbocycles. The number of nitrogens with zero attached hydrogens (tertiary/aromatic N) is 1. The fourth-order valence-electron chi connectivity index (χ4n) is 2.47. The Hall–Kier alpha value is -3.41. The Balaban J connectivity index is 1.78. The number of hydrogen-bond donors (Lipinski definition) is 0. The zero-order valence-corrected chi connectivity index (χ0v) is 11.7. The summed E-state index contributed by atoms with van der Waals surface area (Å²) in [5, 5.41) is 12.1. The van der Waals surface area contributed by atoms with Crippen LogP contribution in [0.1, 0.15) is 16.3 Å². The molecule has 2 aromatic heterocycles. The van der Waals surface area contributed by atoms with E-state index in [-0.39, 0.29) is 17.2 Å². The Morgan fingerprint density at radius 1 is 0.870 bits per heavy atom. The molecule has 4 aromatic rings. The summed E-state index contributed by atoms with van der Waals surface area (Å²) in [6.07, 6.45) is 0. The maximum atomic E-state index is 12.5. The van der Waals surface area contributed by atoms with Crippen LogP contribution >= 0.6 is 0 Å². The van der Waals surface area contributed by atoms with Gasteiger partial charge in [-0.15, -0.1) is 0 Å². The van der Waals surface area contributed by atoms with E-state index in [2.05, 4.69) is 0 Å². The van der Waals surface area contributed by atoms with Crippen molar-refractivity contribution >= 4 is 33.4 Å². The van der Waals surface area contributed by atoms with E-state index in [4.69, 9.17) is 8.83 Å². The third-order valence-electron chi connectivity index (χ3n) is 3.58. The highest BCUT2D eigenvalue weighted by molar-refractivity contribution is 6.09. The number of rotatable bonds is 3. The van der Waals surface area contributed by atoms with Crippen LogP contribution in [-0.2, 0) is 0 Å². The van der Waals surface area contributed by atoms with Crippen LogP contribution in [0.2, 0.25) is 0 Å². The smallest absolute Gasteiger partial charge is 0.270 e. The molecule has 0 aliphatic heterocycles. The standard InChI is InChI=1S/C17H9NO5/c19-17(15-8-10-3-1-2-4-13(10)22-15)16-9-11-7-12(18(20)21)5-6-14(11)23-16/h1-9H. The molecule has 2 heterocycles. The third-order valence-corrected chi connectivity index (χ3v) is 3.58. The summed E-state index contributed by atoms with van der Waals surface area (Å²) in [4.78, 5) is 22.8. The summed E-state index contributed by atoms with van der Waals surface area (Å²) in [5.41, 5.74) is 0.971. The van der Waals surface area contributed by atoms with E-state index in [9.17, 15) is 14.9 Å². The maximum Gasteiger partial charge on any atom is 0.270 e. The zero-order chi connectivity index (χ0) is 16.0. The first-order valence-corrected chi connectivity index (χ1v) is 6.83. The highest BCUT2D eigenvalue weighted by Crippen LogP contribution is 2.27. The molecule has 0 aliphatic rings. The van der Waals surface area contributed by atoms with Crippen molar-refractivity contribution in [2.45, 2.75) is 0 Å². The fraction of sp³-hybridized carbons (Fsp3) is 0. The van der Waals surface area contributed by atoms with Crippen molar-refractivity contribution in [2.24, 2.45) is 0 Å². The highest BCUT2D eigenvalue weighted by atomic mass is 16.6. The SMILES string of the molecule is O=C(c1cc2ccccc2o1)c1cc2cc([N+](=O)[O-])ccc2o1. The first-order chi connectivity index (χ1) is 11.1. The van der Waals surface area contributed by atoms with E-state index in [0.717, 1.165) is 5.39 Å². The van der Waals surface area contributed by atoms with Gasteiger partial charge in [0.1, 0.15) is 11.2 Å². The summed E-state index contributed by atoms with van der Waals surface area (Å²) in [7, 11) is 0. The molecular formula is C17H9NO5. The van der Waals surface area contributed by atoms with Crippen molar-refractivity contribution in [3.8, 4) is 0 Å². The molecule has 0 saturated carbocycles. The van der Waals surface area contributed by atoms with Gasteiger partial charge in [0, 0.05) is 22.9 Å². The largest absolute Gasteiger partial charge is 0.452 e. The second-order valence-electron chi connectivity index (χ2n) is 5.07. The Bertz CT molecular complexity index is 1040. The van der Waals surface area contributed by atoms with Gasteiger partial charge in [0.25, 0.3) is 11.5 Å². The van der Waals surface area contributed by atoms with E-state index < -0.39 is 10.7 Å². The topological polar surface area (TPSA) is 86.5 Å². The second kappa shape index (κ2) is 4.81. The molecule has 0 amide bonds. The summed E-state index contributed by atoms with van der Waals surface area (Å²) in [5.74, 6) is -0.153. The predicted molar refractivity (Wildman–Crippen MR) is 82.5 cm³/mol. The van der Waals surface area contributed by atoms with Gasteiger partial charge in [-0.05, 0) is 24.3 Å². The highest BCUT2D eigenvalue weighted by Gasteiger charge is 2.20. The Kier molecular flexibility index (Phi) is 2.77. The number of ketones is 1. The molecule has 23 heavy (non-hydrogen) atoms. The molecular weight excluding hydrogens is 298 g/mol. The molecule has 6 heteroatoms. The molecule has 0 bridgehead atoms. The number of nitro benzene ring substituents is 1. The average molecular weight is 307 g/mol. The number of fused-ring (bicyclic) bond motifs is 2. The van der Waals surface area contributed by atoms with Crippen molar-refractivity contribution in [2.75, 3.05) is 0 Å². The van der Waals surface area contributed by atoms with Crippen molar-refractivity contribution in [3.05, 3.63) is 76.2 Å². The first kappa shape index (κ1) is 13.3. The van der Waals surface area contributed by atoms with E-state index in [1.807, 2.05) is 18.2 Å². The summed E-state index contributed by atoms with van der Waals surface area (Å²) >= 11 is 0. The number of hydrogen-bond acceptors (Lipinski definition) is 5. The maximum absolute atomic E-state index is 12.5. The molecule has 0 atom stereocenters. The minimum atomic E-state index is -0.493. The molecule has 0 saturated heterocycles. The van der Waals surface area contributed by atoms with Gasteiger partial charge in [-0.25, -0.2) is 0 Å². The predicted octanol–water partition coefficient (Wildman–Crippen LogP) is 4.32. The van der Waals surface area contributed by atoms with E-state index in [1.165, 1.54) is 24.3 Å². The Morgan fingerprint density at radius 3 is 2.22 bits per heavy atom. The number of carbonyl (C=O) groups is 1. The molecule has 6 nitrogen and oxygen atoms in total. The Labute approximate surface area is 129 Å². The lowest BCUT2D eigenvalue weighted by Crippen LogP contribution is -1.96. The second-order valence-corrected chi connectivity index (χ2v) is 5.07. The molecule has 0 N–H and O–H groups in total. The van der Waals surface area contributed by atoms with Gasteiger partial charge in [-0.1, -0.05) is 18.2 Å². The van der Waals surface area contributed by atoms with Crippen molar-refractivity contribution in [1.82, 2.24) is 0 Å². The van der Waals surface area contributed by atoms with Crippen LogP contribution in [0.25, 0.3) is 21.9 Å². The summed E-state index contributed by atoms with van der Waals surface area (Å²) in [6, 6.07) is 14.6. The minimum Gasteiger partial charge on any atom is -0.452 e. The molecule has 112 valence electrons. The summed E-state index contributed by atoms with van der Waals surface area (Å²) in [6.45, 7) is 0. The van der Waals surface area contributed by atoms with Crippen LogP contribution in [0.4, 0.5) is 5.69 Å². The number of carbonyl (C=O) groups excluding carboxylic acids is 1. The normalized spacial score (nSPS) is 11.1. The van der Waals surface area contributed by atoms with Crippen LogP contribution in [0, 0.1) is 10.1 Å². The van der Waals surface area contributed by atoms with Gasteiger partial charge in [0.05, 0.1) is 4.92 Å². The summed E-state index contributed by atoms with van der Waals surface area (Å²) < 4.78 is 11.0. The van der Waals surface area contributed by atoms with Crippen molar-refractivity contribution in [3.63, 3.8) is 0 Å². The van der Waals surface area contributed by atoms with Crippen LogP contribution in [-0.4, -0.2) is 10.7 Å². The first-order valence-electron chi connectivity index (χ1n) is 6.83. The fourth-order valence-corrected chi connectivity index (χ4v) is 2.47. The van der Waals surface area contributed by atoms with Gasteiger partial charge >= 0.3 is 0 Å². The van der Waals surface area contributed by atoms with Crippen molar-refractivity contribution < 1.29 is 18.6 Å². The van der Waals surface area contributed by atoms with E-state index >= 15 is 0 Å². The Morgan fingerprint density at radius 2 is 1.52 bits per heavy atom. The van der Waals surface area contributed by atoms with Crippen LogP contribution in [0.15, 0.2) is 63.4 Å². The van der Waals surface area contributed by atoms with Gasteiger partial charge in [-0.3, -0.25) is 14.9 Å². The molecule has 0 spiro atoms. The molecule has 0 radical (unpaired) electrons. The number of furan rings is 2. The van der Waals surface area contributed by atoms with Crippen LogP contribution < -0.4 is 0 Å². The molecule has 0 fully saturated rings. The van der Waals surface area contributed by atoms with Crippen LogP contribution in [0.5, 0.6) is 0 Å². The lowest BCUT2D eigenvalue weighted by atomic mass is 10.2. The van der Waals surface area contributed by atoms with Gasteiger partial charge in [0.15, 0.2) is 11.5 Å². The van der Waals surface area contributed by atoms with E-state index in [0.29, 0.717) is 16.6 Å². The van der Waals surface area contributed by atoms with Crippen LogP contribution in [0.3, 0.4) is 0 Å². The van der Waals surface area contributed by atoms with E-state index in [1.54, 1.807) is 12.1 Å².